The summed E-state index contributed by atoms with van der Waals surface area (Å²) in [6.07, 6.45) is 11.8. The first-order valence-corrected chi connectivity index (χ1v) is 13.0. The number of aryl methyl sites for hydroxylation is 1. The molecule has 1 N–H and O–H groups in total. The van der Waals surface area contributed by atoms with E-state index in [2.05, 4.69) is 51.4 Å². The molecule has 0 amide bonds. The summed E-state index contributed by atoms with van der Waals surface area (Å²) >= 11 is 12.8. The highest BCUT2D eigenvalue weighted by Crippen LogP contribution is 2.33. The van der Waals surface area contributed by atoms with E-state index < -0.39 is 0 Å². The minimum absolute atomic E-state index is 0.336. The summed E-state index contributed by atoms with van der Waals surface area (Å²) in [6, 6.07) is 12.3. The molecule has 4 aromatic rings. The molecule has 7 heteroatoms. The third-order valence-corrected chi connectivity index (χ3v) is 7.92. The largest absolute Gasteiger partial charge is 0.361 e. The van der Waals surface area contributed by atoms with Crippen molar-refractivity contribution in [2.24, 2.45) is 5.92 Å². The number of hydrogen-bond acceptors (Lipinski definition) is 3. The van der Waals surface area contributed by atoms with E-state index >= 15 is 0 Å². The maximum absolute atomic E-state index is 6.42. The molecule has 2 aromatic heterocycles. The van der Waals surface area contributed by atoms with Gasteiger partial charge in [0.1, 0.15) is 12.7 Å². The van der Waals surface area contributed by atoms with Crippen molar-refractivity contribution in [3.8, 4) is 5.69 Å². The fraction of sp³-hybridized carbons (Fsp3) is 0.407. The van der Waals surface area contributed by atoms with Crippen molar-refractivity contribution in [1.82, 2.24) is 24.6 Å². The van der Waals surface area contributed by atoms with Crippen molar-refractivity contribution in [3.63, 3.8) is 0 Å². The summed E-state index contributed by atoms with van der Waals surface area (Å²) in [5, 5.41) is 10.7. The Bertz CT molecular complexity index is 1210. The van der Waals surface area contributed by atoms with Crippen LogP contribution in [-0.4, -0.2) is 44.3 Å². The van der Waals surface area contributed by atoms with E-state index in [-0.39, 0.29) is 0 Å². The first-order valence-electron chi connectivity index (χ1n) is 12.2. The van der Waals surface area contributed by atoms with Crippen LogP contribution in [0.5, 0.6) is 0 Å². The van der Waals surface area contributed by atoms with Gasteiger partial charge in [0.25, 0.3) is 0 Å². The van der Waals surface area contributed by atoms with Crippen molar-refractivity contribution in [3.05, 3.63) is 76.4 Å². The van der Waals surface area contributed by atoms with Crippen molar-refractivity contribution < 1.29 is 0 Å². The molecule has 178 valence electrons. The molecule has 1 aliphatic heterocycles. The maximum Gasteiger partial charge on any atom is 0.123 e. The average molecular weight is 496 g/mol. The van der Waals surface area contributed by atoms with Gasteiger partial charge in [-0.3, -0.25) is 4.57 Å². The third-order valence-electron chi connectivity index (χ3n) is 7.26. The van der Waals surface area contributed by atoms with E-state index in [0.717, 1.165) is 53.3 Å². The zero-order valence-electron chi connectivity index (χ0n) is 19.6. The van der Waals surface area contributed by atoms with Crippen LogP contribution < -0.4 is 0 Å². The number of nitrogens with zero attached hydrogens (tertiary/aromatic N) is 4. The number of aromatic amines is 1. The first kappa shape index (κ1) is 23.4. The molecule has 1 aliphatic rings. The highest BCUT2D eigenvalue weighted by Gasteiger charge is 2.22. The van der Waals surface area contributed by atoms with E-state index in [1.807, 2.05) is 22.8 Å². The summed E-state index contributed by atoms with van der Waals surface area (Å²) in [5.41, 5.74) is 4.76. The van der Waals surface area contributed by atoms with Crippen molar-refractivity contribution >= 4 is 34.1 Å². The fourth-order valence-corrected chi connectivity index (χ4v) is 6.14. The van der Waals surface area contributed by atoms with Gasteiger partial charge in [-0.15, -0.1) is 10.2 Å². The number of hydrogen-bond donors (Lipinski definition) is 1. The Morgan fingerprint density at radius 2 is 1.79 bits per heavy atom. The quantitative estimate of drug-likeness (QED) is 0.289. The lowest BCUT2D eigenvalue weighted by Crippen LogP contribution is -2.36. The molecule has 1 fully saturated rings. The van der Waals surface area contributed by atoms with E-state index in [9.17, 15) is 0 Å². The molecule has 1 atom stereocenters. The number of likely N-dealkylation sites (tertiary alicyclic amines) is 1. The highest BCUT2D eigenvalue weighted by molar-refractivity contribution is 6.36. The molecule has 0 saturated carbocycles. The van der Waals surface area contributed by atoms with Gasteiger partial charge in [-0.2, -0.15) is 0 Å². The zero-order valence-corrected chi connectivity index (χ0v) is 21.1. The Hall–Kier alpha value is -2.34. The number of halogens is 2. The smallest absolute Gasteiger partial charge is 0.123 e. The van der Waals surface area contributed by atoms with Gasteiger partial charge < -0.3 is 9.88 Å². The topological polar surface area (TPSA) is 49.7 Å². The number of aromatic nitrogens is 4. The predicted molar refractivity (Wildman–Crippen MR) is 140 cm³/mol. The Morgan fingerprint density at radius 3 is 2.53 bits per heavy atom. The minimum Gasteiger partial charge on any atom is -0.361 e. The van der Waals surface area contributed by atoms with Crippen molar-refractivity contribution in [2.45, 2.75) is 44.9 Å². The summed E-state index contributed by atoms with van der Waals surface area (Å²) in [5.74, 6) is 1.15. The van der Waals surface area contributed by atoms with Crippen LogP contribution in [0.2, 0.25) is 10.0 Å². The zero-order chi connectivity index (χ0) is 23.5. The number of rotatable bonds is 8. The van der Waals surface area contributed by atoms with Crippen LogP contribution in [0.25, 0.3) is 16.6 Å². The molecule has 1 saturated heterocycles. The number of nitrogens with one attached hydrogen (secondary N) is 1. The van der Waals surface area contributed by atoms with E-state index in [1.54, 1.807) is 12.7 Å². The number of benzene rings is 2. The molecule has 0 aliphatic carbocycles. The van der Waals surface area contributed by atoms with Crippen molar-refractivity contribution in [1.29, 1.82) is 0 Å². The van der Waals surface area contributed by atoms with Gasteiger partial charge in [0.05, 0.1) is 0 Å². The Labute approximate surface area is 211 Å². The standard InChI is InChI=1S/C27H31Cl2N5/c1-19(27-24(28)6-3-7-25(27)29)16-33-12-10-20(11-13-33)4-2-5-21-15-30-26-9-8-22(14-23(21)26)34-17-31-32-18-34/h3,6-9,14-15,17-20,30H,2,4-5,10-13,16H2,1H3. The maximum atomic E-state index is 6.42. The lowest BCUT2D eigenvalue weighted by Gasteiger charge is -2.34. The summed E-state index contributed by atoms with van der Waals surface area (Å²) in [6.45, 7) is 5.56. The van der Waals surface area contributed by atoms with Gasteiger partial charge in [-0.25, -0.2) is 0 Å². The van der Waals surface area contributed by atoms with Gasteiger partial charge in [-0.1, -0.05) is 42.6 Å². The molecular formula is C27H31Cl2N5. The third kappa shape index (κ3) is 5.17. The van der Waals surface area contributed by atoms with Crippen LogP contribution in [0.15, 0.2) is 55.2 Å². The second kappa shape index (κ2) is 10.5. The fourth-order valence-electron chi connectivity index (χ4n) is 5.37. The SMILES string of the molecule is CC(CN1CCC(CCCc2c[nH]c3ccc(-n4cnnc4)cc23)CC1)c1c(Cl)cccc1Cl. The van der Waals surface area contributed by atoms with Crippen molar-refractivity contribution in [2.75, 3.05) is 19.6 Å². The molecule has 1 unspecified atom stereocenters. The molecule has 34 heavy (non-hydrogen) atoms. The molecule has 0 bridgehead atoms. The molecule has 5 nitrogen and oxygen atoms in total. The summed E-state index contributed by atoms with van der Waals surface area (Å²) < 4.78 is 1.95. The van der Waals surface area contributed by atoms with Crippen LogP contribution in [0.3, 0.4) is 0 Å². The lowest BCUT2D eigenvalue weighted by atomic mass is 9.90. The van der Waals surface area contributed by atoms with Gasteiger partial charge in [0.2, 0.25) is 0 Å². The predicted octanol–water partition coefficient (Wildman–Crippen LogP) is 6.89. The Kier molecular flexibility index (Phi) is 7.23. The van der Waals surface area contributed by atoms with E-state index in [4.69, 9.17) is 23.2 Å². The van der Waals surface area contributed by atoms with Crippen LogP contribution >= 0.6 is 23.2 Å². The molecule has 3 heterocycles. The normalized spacial score (nSPS) is 16.3. The number of fused-ring (bicyclic) bond motifs is 1. The average Bonchev–Trinajstić information content (AvgIpc) is 3.50. The van der Waals surface area contributed by atoms with E-state index in [1.165, 1.54) is 42.1 Å². The molecule has 2 aromatic carbocycles. The molecule has 0 radical (unpaired) electrons. The Balaban J connectivity index is 1.11. The van der Waals surface area contributed by atoms with E-state index in [0.29, 0.717) is 5.92 Å². The number of piperidine rings is 1. The second-order valence-electron chi connectivity index (χ2n) is 9.59. The van der Waals surface area contributed by atoms with Crippen LogP contribution in [0.4, 0.5) is 0 Å². The van der Waals surface area contributed by atoms with Crippen LogP contribution in [0.1, 0.15) is 49.7 Å². The van der Waals surface area contributed by atoms with Gasteiger partial charge >= 0.3 is 0 Å². The second-order valence-corrected chi connectivity index (χ2v) is 10.4. The van der Waals surface area contributed by atoms with Crippen LogP contribution in [-0.2, 0) is 6.42 Å². The molecular weight excluding hydrogens is 465 g/mol. The van der Waals surface area contributed by atoms with Gasteiger partial charge in [0, 0.05) is 39.4 Å². The van der Waals surface area contributed by atoms with Gasteiger partial charge in [0.15, 0.2) is 0 Å². The lowest BCUT2D eigenvalue weighted by molar-refractivity contribution is 0.171. The molecule has 5 rings (SSSR count). The first-order chi connectivity index (χ1) is 16.6. The monoisotopic (exact) mass is 495 g/mol. The van der Waals surface area contributed by atoms with Gasteiger partial charge in [-0.05, 0) is 92.1 Å². The molecule has 0 spiro atoms. The minimum atomic E-state index is 0.336. The Morgan fingerprint density at radius 1 is 1.06 bits per heavy atom. The van der Waals surface area contributed by atoms with Crippen LogP contribution in [0, 0.1) is 5.92 Å². The highest BCUT2D eigenvalue weighted by atomic mass is 35.5. The summed E-state index contributed by atoms with van der Waals surface area (Å²) in [7, 11) is 0. The summed E-state index contributed by atoms with van der Waals surface area (Å²) in [4.78, 5) is 6.00. The number of H-pyrrole nitrogens is 1.